The fourth-order valence-corrected chi connectivity index (χ4v) is 3.12. The van der Waals surface area contributed by atoms with Gasteiger partial charge in [-0.2, -0.15) is 0 Å². The Hall–Kier alpha value is -1.75. The second-order valence-electron chi connectivity index (χ2n) is 5.34. The lowest BCUT2D eigenvalue weighted by molar-refractivity contribution is -0.144. The van der Waals surface area contributed by atoms with Crippen molar-refractivity contribution in [2.75, 3.05) is 25.1 Å². The zero-order valence-electron chi connectivity index (χ0n) is 11.0. The van der Waals surface area contributed by atoms with Crippen LogP contribution < -0.4 is 15.4 Å². The van der Waals surface area contributed by atoms with Crippen molar-refractivity contribution in [3.63, 3.8) is 0 Å². The molecule has 0 amide bonds. The van der Waals surface area contributed by atoms with Crippen LogP contribution in [-0.2, 0) is 16.8 Å². The van der Waals surface area contributed by atoms with E-state index < -0.39 is 11.5 Å². The molecule has 2 aliphatic heterocycles. The highest BCUT2D eigenvalue weighted by atomic mass is 16.5. The third-order valence-electron chi connectivity index (χ3n) is 4.16. The summed E-state index contributed by atoms with van der Waals surface area (Å²) in [6.45, 7) is 1.47. The average Bonchev–Trinajstić information content (AvgIpc) is 2.80. The van der Waals surface area contributed by atoms with E-state index in [9.17, 15) is 9.90 Å². The minimum atomic E-state index is -1.29. The van der Waals surface area contributed by atoms with E-state index in [2.05, 4.69) is 4.90 Å². The van der Waals surface area contributed by atoms with E-state index in [1.807, 2.05) is 19.2 Å². The second-order valence-corrected chi connectivity index (χ2v) is 5.34. The highest BCUT2D eigenvalue weighted by Gasteiger charge is 2.41. The summed E-state index contributed by atoms with van der Waals surface area (Å²) in [5, 5.41) is 9.53. The number of ether oxygens (including phenoxy) is 1. The number of hydrogen-bond donors (Lipinski definition) is 2. The van der Waals surface area contributed by atoms with Crippen LogP contribution in [0.15, 0.2) is 12.1 Å². The molecule has 0 aromatic heterocycles. The number of hydrogen-bond acceptors (Lipinski definition) is 4. The van der Waals surface area contributed by atoms with E-state index in [-0.39, 0.29) is 0 Å². The summed E-state index contributed by atoms with van der Waals surface area (Å²) in [6.07, 6.45) is 2.04. The van der Waals surface area contributed by atoms with E-state index in [0.29, 0.717) is 18.6 Å². The van der Waals surface area contributed by atoms with Gasteiger partial charge in [-0.15, -0.1) is 0 Å². The molecule has 0 spiro atoms. The molecular formula is C14H18N2O3. The number of aliphatic carboxylic acids is 1. The van der Waals surface area contributed by atoms with Gasteiger partial charge >= 0.3 is 5.97 Å². The summed E-state index contributed by atoms with van der Waals surface area (Å²) in [6, 6.07) is 3.67. The van der Waals surface area contributed by atoms with Gasteiger partial charge in [0.15, 0.2) is 0 Å². The van der Waals surface area contributed by atoms with E-state index in [4.69, 9.17) is 10.5 Å². The van der Waals surface area contributed by atoms with Crippen molar-refractivity contribution in [1.82, 2.24) is 0 Å². The van der Waals surface area contributed by atoms with Crippen molar-refractivity contribution in [3.8, 4) is 5.75 Å². The average molecular weight is 262 g/mol. The van der Waals surface area contributed by atoms with Crippen LogP contribution in [0.3, 0.4) is 0 Å². The predicted molar refractivity (Wildman–Crippen MR) is 71.6 cm³/mol. The summed E-state index contributed by atoms with van der Waals surface area (Å²) in [4.78, 5) is 13.7. The molecular weight excluding hydrogens is 244 g/mol. The molecule has 3 rings (SSSR count). The second kappa shape index (κ2) is 4.13. The minimum Gasteiger partial charge on any atom is -0.493 e. The molecule has 0 saturated carbocycles. The van der Waals surface area contributed by atoms with Gasteiger partial charge in [0, 0.05) is 36.8 Å². The van der Waals surface area contributed by atoms with Crippen LogP contribution in [0.2, 0.25) is 0 Å². The van der Waals surface area contributed by atoms with Gasteiger partial charge in [0.05, 0.1) is 6.61 Å². The molecule has 0 aliphatic carbocycles. The van der Waals surface area contributed by atoms with Gasteiger partial charge < -0.3 is 20.5 Å². The van der Waals surface area contributed by atoms with Crippen LogP contribution in [-0.4, -0.2) is 31.3 Å². The Balaban J connectivity index is 2.25. The third-order valence-corrected chi connectivity index (χ3v) is 4.16. The summed E-state index contributed by atoms with van der Waals surface area (Å²) in [7, 11) is 1.99. The largest absolute Gasteiger partial charge is 0.493 e. The van der Waals surface area contributed by atoms with Crippen LogP contribution in [0.1, 0.15) is 24.0 Å². The fraction of sp³-hybridized carbons (Fsp3) is 0.500. The smallest absolute Gasteiger partial charge is 0.328 e. The van der Waals surface area contributed by atoms with Crippen molar-refractivity contribution < 1.29 is 14.6 Å². The van der Waals surface area contributed by atoms with Crippen molar-refractivity contribution in [2.24, 2.45) is 5.73 Å². The van der Waals surface area contributed by atoms with E-state index >= 15 is 0 Å². The van der Waals surface area contributed by atoms with Crippen LogP contribution in [0.4, 0.5) is 5.69 Å². The molecule has 5 nitrogen and oxygen atoms in total. The summed E-state index contributed by atoms with van der Waals surface area (Å²) < 4.78 is 5.57. The molecule has 1 atom stereocenters. The SMILES string of the molecule is CN1CCCC(N)(C(=O)O)c2ccc3c(c21)CCO3. The lowest BCUT2D eigenvalue weighted by atomic mass is 9.85. The molecule has 0 saturated heterocycles. The first-order chi connectivity index (χ1) is 9.04. The zero-order valence-corrected chi connectivity index (χ0v) is 11.0. The summed E-state index contributed by atoms with van der Waals surface area (Å²) in [5.41, 5.74) is 7.67. The van der Waals surface area contributed by atoms with E-state index in [1.54, 1.807) is 0 Å². The maximum absolute atomic E-state index is 11.6. The van der Waals surface area contributed by atoms with Crippen LogP contribution in [0.25, 0.3) is 0 Å². The number of carbonyl (C=O) groups is 1. The Morgan fingerprint density at radius 2 is 2.32 bits per heavy atom. The van der Waals surface area contributed by atoms with Gasteiger partial charge in [0.2, 0.25) is 0 Å². The van der Waals surface area contributed by atoms with Crippen molar-refractivity contribution >= 4 is 11.7 Å². The van der Waals surface area contributed by atoms with Crippen molar-refractivity contribution in [1.29, 1.82) is 0 Å². The predicted octanol–water partition coefficient (Wildman–Crippen LogP) is 1.09. The first-order valence-corrected chi connectivity index (χ1v) is 6.56. The molecule has 5 heteroatoms. The zero-order chi connectivity index (χ0) is 13.6. The Kier molecular flexibility index (Phi) is 2.67. The number of anilines is 1. The molecule has 2 heterocycles. The Bertz CT molecular complexity index is 544. The molecule has 0 fully saturated rings. The fourth-order valence-electron chi connectivity index (χ4n) is 3.12. The number of carboxylic acids is 1. The summed E-state index contributed by atoms with van der Waals surface area (Å²) >= 11 is 0. The molecule has 102 valence electrons. The molecule has 1 aromatic rings. The molecule has 19 heavy (non-hydrogen) atoms. The number of benzene rings is 1. The molecule has 1 unspecified atom stereocenters. The normalized spacial score (nSPS) is 25.3. The van der Waals surface area contributed by atoms with Gasteiger partial charge in [0.25, 0.3) is 0 Å². The first kappa shape index (κ1) is 12.3. The van der Waals surface area contributed by atoms with Crippen LogP contribution in [0, 0.1) is 0 Å². The standard InChI is InChI=1S/C14H18N2O3/c1-16-7-2-6-14(15,13(17)18)10-3-4-11-9(12(10)16)5-8-19-11/h3-4H,2,5-8,15H2,1H3,(H,17,18). The molecule has 0 radical (unpaired) electrons. The molecule has 3 N–H and O–H groups in total. The topological polar surface area (TPSA) is 75.8 Å². The van der Waals surface area contributed by atoms with Gasteiger partial charge in [0.1, 0.15) is 11.3 Å². The lowest BCUT2D eigenvalue weighted by Crippen LogP contribution is -2.44. The van der Waals surface area contributed by atoms with Crippen LogP contribution in [0.5, 0.6) is 5.75 Å². The maximum Gasteiger partial charge on any atom is 0.328 e. The molecule has 1 aromatic carbocycles. The Labute approximate surface area is 112 Å². The van der Waals surface area contributed by atoms with Gasteiger partial charge in [-0.05, 0) is 18.9 Å². The maximum atomic E-state index is 11.6. The first-order valence-electron chi connectivity index (χ1n) is 6.56. The van der Waals surface area contributed by atoms with Gasteiger partial charge in [-0.3, -0.25) is 0 Å². The van der Waals surface area contributed by atoms with Gasteiger partial charge in [-0.1, -0.05) is 6.07 Å². The number of nitrogens with zero attached hydrogens (tertiary/aromatic N) is 1. The monoisotopic (exact) mass is 262 g/mol. The molecule has 2 aliphatic rings. The number of fused-ring (bicyclic) bond motifs is 3. The van der Waals surface area contributed by atoms with Crippen LogP contribution >= 0.6 is 0 Å². The lowest BCUT2D eigenvalue weighted by Gasteiger charge is -2.28. The third kappa shape index (κ3) is 1.69. The van der Waals surface area contributed by atoms with Gasteiger partial charge in [-0.25, -0.2) is 4.79 Å². The van der Waals surface area contributed by atoms with Crippen molar-refractivity contribution in [3.05, 3.63) is 23.3 Å². The van der Waals surface area contributed by atoms with Crippen molar-refractivity contribution in [2.45, 2.75) is 24.8 Å². The minimum absolute atomic E-state index is 0.458. The summed E-state index contributed by atoms with van der Waals surface area (Å²) in [5.74, 6) is -0.0943. The highest BCUT2D eigenvalue weighted by molar-refractivity contribution is 5.85. The van der Waals surface area contributed by atoms with E-state index in [1.165, 1.54) is 0 Å². The Morgan fingerprint density at radius 3 is 3.05 bits per heavy atom. The number of carboxylic acid groups (broad SMARTS) is 1. The molecule has 0 bridgehead atoms. The Morgan fingerprint density at radius 1 is 1.53 bits per heavy atom. The quantitative estimate of drug-likeness (QED) is 0.792. The number of nitrogens with two attached hydrogens (primary N) is 1. The number of rotatable bonds is 1. The highest BCUT2D eigenvalue weighted by Crippen LogP contribution is 2.43. The van der Waals surface area contributed by atoms with E-state index in [0.717, 1.165) is 36.4 Å².